The lowest BCUT2D eigenvalue weighted by Gasteiger charge is -2.45. The lowest BCUT2D eigenvalue weighted by Crippen LogP contribution is -2.61. The first-order valence-corrected chi connectivity index (χ1v) is 37.1. The van der Waals surface area contributed by atoms with Crippen LogP contribution in [0.2, 0.25) is 0 Å². The summed E-state index contributed by atoms with van der Waals surface area (Å²) in [6.07, 6.45) is 0. The van der Waals surface area contributed by atoms with E-state index < -0.39 is 0 Å². The van der Waals surface area contributed by atoms with Crippen molar-refractivity contribution in [1.29, 1.82) is 0 Å². The third-order valence-electron chi connectivity index (χ3n) is 22.8. The molecule has 13 aromatic carbocycles. The van der Waals surface area contributed by atoms with Crippen LogP contribution >= 0.6 is 0 Å². The average molecular weight is 1330 g/mol. The Labute approximate surface area is 608 Å². The molecular formula is C98H89BN4. The van der Waals surface area contributed by atoms with E-state index in [0.717, 1.165) is 39.8 Å². The van der Waals surface area contributed by atoms with Crippen molar-refractivity contribution in [2.75, 3.05) is 9.80 Å². The Morgan fingerprint density at radius 2 is 0.612 bits per heavy atom. The standard InChI is InChI=1S/C98H89BN4/c1-94(2,3)66-35-30-62(31-36-66)63-32-41-71(42-33-63)100-89-57-72(101-84-46-37-67(95(4,5)6)53-77(84)78-54-68(96(7,8)9)38-47-85(78)101)43-44-82(89)99-83-52-65(61-26-20-17-21-27-61)51-81-75-29-23-22-28-74(75)76-50-64(60-24-18-16-19-25-60)34-45-88(76)103(93(81)83)91-59-73(58-90(100)92(91)99)102-86-48-39-69(97(10,11)12)55-79(86)80-56-70(98(13,14)15)40-49-87(80)102/h16-59H,1-15H3. The summed E-state index contributed by atoms with van der Waals surface area (Å²) in [5.41, 5.74) is 36.1. The Hall–Kier alpha value is -10.9. The molecule has 0 bridgehead atoms. The van der Waals surface area contributed by atoms with Crippen molar-refractivity contribution >= 4 is 101 Å². The van der Waals surface area contributed by atoms with Gasteiger partial charge in [-0.1, -0.05) is 268 Å². The number of rotatable bonds is 6. The van der Waals surface area contributed by atoms with Gasteiger partial charge in [-0.2, -0.15) is 0 Å². The van der Waals surface area contributed by atoms with Crippen molar-refractivity contribution in [2.45, 2.75) is 131 Å². The minimum atomic E-state index is -0.213. The van der Waals surface area contributed by atoms with Crippen molar-refractivity contribution in [2.24, 2.45) is 0 Å². The molecule has 103 heavy (non-hydrogen) atoms. The highest BCUT2D eigenvalue weighted by atomic mass is 15.2. The molecule has 0 saturated carbocycles. The molecule has 0 fully saturated rings. The molecule has 0 aliphatic carbocycles. The number of nitrogens with zero attached hydrogens (tertiary/aromatic N) is 4. The van der Waals surface area contributed by atoms with Gasteiger partial charge >= 0.3 is 0 Å². The number of aromatic nitrogens is 2. The van der Waals surface area contributed by atoms with E-state index in [2.05, 4.69) is 390 Å². The lowest BCUT2D eigenvalue weighted by atomic mass is 9.33. The van der Waals surface area contributed by atoms with Gasteiger partial charge in [0.2, 0.25) is 0 Å². The van der Waals surface area contributed by atoms with Gasteiger partial charge in [0, 0.05) is 66.8 Å². The Morgan fingerprint density at radius 3 is 1.10 bits per heavy atom. The van der Waals surface area contributed by atoms with Crippen LogP contribution in [0.15, 0.2) is 267 Å². The summed E-state index contributed by atoms with van der Waals surface area (Å²) in [5.74, 6) is 0. The van der Waals surface area contributed by atoms with E-state index in [1.165, 1.54) is 149 Å². The van der Waals surface area contributed by atoms with E-state index in [1.807, 2.05) is 0 Å². The van der Waals surface area contributed by atoms with Gasteiger partial charge in [-0.15, -0.1) is 0 Å². The second kappa shape index (κ2) is 22.8. The fourth-order valence-electron chi connectivity index (χ4n) is 17.0. The largest absolute Gasteiger partial charge is 0.311 e. The van der Waals surface area contributed by atoms with E-state index in [4.69, 9.17) is 0 Å². The maximum Gasteiger partial charge on any atom is 0.252 e. The molecule has 2 aromatic heterocycles. The minimum absolute atomic E-state index is 0.0397. The molecule has 504 valence electrons. The third kappa shape index (κ3) is 10.4. The molecule has 0 atom stereocenters. The van der Waals surface area contributed by atoms with Gasteiger partial charge in [0.1, 0.15) is 0 Å². The molecule has 5 heterocycles. The Bertz CT molecular complexity index is 5850. The molecule has 15 aromatic rings. The van der Waals surface area contributed by atoms with Gasteiger partial charge in [-0.3, -0.25) is 0 Å². The Balaban J connectivity index is 0.991. The number of anilines is 6. The molecule has 4 nitrogen and oxygen atoms in total. The molecule has 0 saturated heterocycles. The quantitative estimate of drug-likeness (QED) is 0.154. The third-order valence-corrected chi connectivity index (χ3v) is 22.8. The molecule has 3 aliphatic heterocycles. The van der Waals surface area contributed by atoms with Crippen molar-refractivity contribution in [1.82, 2.24) is 9.13 Å². The van der Waals surface area contributed by atoms with Crippen LogP contribution in [0.4, 0.5) is 34.1 Å². The molecule has 18 rings (SSSR count). The summed E-state index contributed by atoms with van der Waals surface area (Å²) >= 11 is 0. The smallest absolute Gasteiger partial charge is 0.252 e. The van der Waals surface area contributed by atoms with Crippen LogP contribution in [0, 0.1) is 0 Å². The summed E-state index contributed by atoms with van der Waals surface area (Å²) in [6.45, 7) is 34.7. The number of benzene rings is 13. The summed E-state index contributed by atoms with van der Waals surface area (Å²) < 4.78 is 5.15. The van der Waals surface area contributed by atoms with Crippen molar-refractivity contribution < 1.29 is 0 Å². The fraction of sp³-hybridized carbons (Fsp3) is 0.204. The van der Waals surface area contributed by atoms with E-state index in [-0.39, 0.29) is 33.8 Å². The zero-order chi connectivity index (χ0) is 71.1. The molecule has 0 unspecified atom stereocenters. The second-order valence-electron chi connectivity index (χ2n) is 34.7. The van der Waals surface area contributed by atoms with E-state index in [0.29, 0.717) is 0 Å². The number of hydrogen-bond donors (Lipinski definition) is 0. The van der Waals surface area contributed by atoms with Crippen LogP contribution < -0.4 is 26.2 Å². The molecule has 5 heteroatoms. The van der Waals surface area contributed by atoms with Crippen LogP contribution in [0.3, 0.4) is 0 Å². The van der Waals surface area contributed by atoms with E-state index in [1.54, 1.807) is 0 Å². The molecule has 0 amide bonds. The van der Waals surface area contributed by atoms with E-state index >= 15 is 0 Å². The van der Waals surface area contributed by atoms with Gasteiger partial charge in [0.05, 0.1) is 33.4 Å². The van der Waals surface area contributed by atoms with Crippen LogP contribution in [0.25, 0.3) is 111 Å². The van der Waals surface area contributed by atoms with E-state index in [9.17, 15) is 0 Å². The highest BCUT2D eigenvalue weighted by Gasteiger charge is 2.47. The van der Waals surface area contributed by atoms with Gasteiger partial charge in [0.15, 0.2) is 0 Å². The molecule has 3 aliphatic rings. The number of fused-ring (bicyclic) bond motifs is 15. The first-order chi connectivity index (χ1) is 49.2. The zero-order valence-electron chi connectivity index (χ0n) is 62.3. The molecule has 0 N–H and O–H groups in total. The molecule has 0 spiro atoms. The van der Waals surface area contributed by atoms with Crippen LogP contribution in [-0.2, 0) is 27.1 Å². The highest BCUT2D eigenvalue weighted by molar-refractivity contribution is 7.00. The normalized spacial score (nSPS) is 13.5. The highest BCUT2D eigenvalue weighted by Crippen LogP contribution is 2.56. The molecule has 0 radical (unpaired) electrons. The lowest BCUT2D eigenvalue weighted by molar-refractivity contribution is 0.590. The minimum Gasteiger partial charge on any atom is -0.311 e. The monoisotopic (exact) mass is 1330 g/mol. The van der Waals surface area contributed by atoms with Gasteiger partial charge in [-0.05, 0) is 219 Å². The maximum absolute atomic E-state index is 2.70. The predicted molar refractivity (Wildman–Crippen MR) is 443 cm³/mol. The van der Waals surface area contributed by atoms with Crippen molar-refractivity contribution in [3.63, 3.8) is 0 Å². The molecular weight excluding hydrogens is 1240 g/mol. The average Bonchev–Trinajstić information content (AvgIpc) is 1.67. The Kier molecular flexibility index (Phi) is 14.2. The first kappa shape index (κ1) is 64.2. The number of hydrogen-bond acceptors (Lipinski definition) is 2. The predicted octanol–water partition coefficient (Wildman–Crippen LogP) is 25.1. The summed E-state index contributed by atoms with van der Waals surface area (Å²) in [7, 11) is 0. The van der Waals surface area contributed by atoms with Gasteiger partial charge < -0.3 is 18.9 Å². The zero-order valence-corrected chi connectivity index (χ0v) is 62.3. The summed E-state index contributed by atoms with van der Waals surface area (Å²) in [6, 6.07) is 104. The van der Waals surface area contributed by atoms with Crippen LogP contribution in [-0.4, -0.2) is 15.8 Å². The van der Waals surface area contributed by atoms with Crippen molar-refractivity contribution in [3.05, 3.63) is 295 Å². The summed E-state index contributed by atoms with van der Waals surface area (Å²) in [5, 5.41) is 5.06. The topological polar surface area (TPSA) is 16.3 Å². The maximum atomic E-state index is 2.70. The van der Waals surface area contributed by atoms with Crippen LogP contribution in [0.5, 0.6) is 0 Å². The first-order valence-electron chi connectivity index (χ1n) is 37.1. The second-order valence-corrected chi connectivity index (χ2v) is 34.7. The Morgan fingerprint density at radius 1 is 0.233 bits per heavy atom. The van der Waals surface area contributed by atoms with Crippen molar-refractivity contribution in [3.8, 4) is 67.0 Å². The van der Waals surface area contributed by atoms with Crippen LogP contribution in [0.1, 0.15) is 132 Å². The van der Waals surface area contributed by atoms with Gasteiger partial charge in [0.25, 0.3) is 6.71 Å². The van der Waals surface area contributed by atoms with Gasteiger partial charge in [-0.25, -0.2) is 0 Å². The summed E-state index contributed by atoms with van der Waals surface area (Å²) in [4.78, 5) is 5.35. The SMILES string of the molecule is CC(C)(C)c1ccc(-c2ccc(N3c4cc(-n5c6ccc(C(C)(C)C)cc6c6cc(C(C)(C)C)ccc65)ccc4B4c5cc(-c6ccccc6)cc6c5N(c5ccc(-c7ccccc7)cc5-c5ccccc5-6)c5cc(-n6c7ccc(C(C)(C)C)cc7c7cc(C(C)(C)C)ccc76)cc3c54)cc2)cc1. The fourth-order valence-corrected chi connectivity index (χ4v) is 17.0.